The monoisotopic (exact) mass is 245 g/mol. The zero-order chi connectivity index (χ0) is 10.4. The zero-order valence-electron chi connectivity index (χ0n) is 8.85. The molecule has 2 heterocycles. The summed E-state index contributed by atoms with van der Waals surface area (Å²) in [6.45, 7) is 1.62. The van der Waals surface area contributed by atoms with Gasteiger partial charge in [-0.2, -0.15) is 0 Å². The molecule has 1 aromatic rings. The summed E-state index contributed by atoms with van der Waals surface area (Å²) in [5.41, 5.74) is 0. The summed E-state index contributed by atoms with van der Waals surface area (Å²) in [5, 5.41) is 0. The summed E-state index contributed by atoms with van der Waals surface area (Å²) in [6.07, 6.45) is -0.0105. The summed E-state index contributed by atoms with van der Waals surface area (Å²) in [5.74, 6) is 0.432. The third kappa shape index (κ3) is 1.72. The largest absolute Gasteiger partial charge is 0.481 e. The number of benzene rings is 1. The fourth-order valence-electron chi connectivity index (χ4n) is 2.16. The Labute approximate surface area is 99.6 Å². The lowest BCUT2D eigenvalue weighted by molar-refractivity contribution is 0.0510. The molecule has 0 spiro atoms. The normalized spacial score (nSPS) is 27.1. The van der Waals surface area contributed by atoms with Crippen LogP contribution in [-0.2, 0) is 0 Å². The average Bonchev–Trinajstić information content (AvgIpc) is 2.55. The molecule has 3 nitrogen and oxygen atoms in total. The van der Waals surface area contributed by atoms with Gasteiger partial charge in [-0.1, -0.05) is 6.07 Å². The van der Waals surface area contributed by atoms with E-state index in [1.807, 2.05) is 7.05 Å². The third-order valence-corrected chi connectivity index (χ3v) is 2.88. The first-order valence-corrected chi connectivity index (χ1v) is 5.04. The molecule has 1 aromatic carbocycles. The highest BCUT2D eigenvalue weighted by atomic mass is 35.5. The van der Waals surface area contributed by atoms with Crippen LogP contribution in [0.25, 0.3) is 0 Å². The van der Waals surface area contributed by atoms with E-state index in [-0.39, 0.29) is 36.2 Å². The fourth-order valence-corrected chi connectivity index (χ4v) is 2.16. The van der Waals surface area contributed by atoms with Crippen molar-refractivity contribution in [1.82, 2.24) is 4.90 Å². The average molecular weight is 246 g/mol. The number of halogens is 2. The van der Waals surface area contributed by atoms with Crippen molar-refractivity contribution in [3.8, 4) is 11.5 Å². The molecule has 0 aliphatic carbocycles. The molecule has 0 aromatic heterocycles. The van der Waals surface area contributed by atoms with Gasteiger partial charge >= 0.3 is 0 Å². The topological polar surface area (TPSA) is 21.7 Å². The number of likely N-dealkylation sites (N-methyl/N-ethyl adjacent to an activating group) is 1. The maximum Gasteiger partial charge on any atom is 0.197 e. The summed E-state index contributed by atoms with van der Waals surface area (Å²) >= 11 is 0. The van der Waals surface area contributed by atoms with Crippen LogP contribution in [0, 0.1) is 5.82 Å². The number of ether oxygens (including phenoxy) is 2. The molecule has 2 aliphatic rings. The minimum absolute atomic E-state index is 0. The van der Waals surface area contributed by atoms with Gasteiger partial charge in [0.15, 0.2) is 17.3 Å². The molecule has 0 unspecified atom stereocenters. The van der Waals surface area contributed by atoms with E-state index in [0.29, 0.717) is 5.75 Å². The first-order chi connectivity index (χ1) is 7.24. The molecule has 0 radical (unpaired) electrons. The van der Waals surface area contributed by atoms with Crippen LogP contribution in [0.4, 0.5) is 4.39 Å². The second kappa shape index (κ2) is 4.11. The molecule has 88 valence electrons. The molecular weight excluding hydrogens is 233 g/mol. The minimum atomic E-state index is -0.347. The Morgan fingerprint density at radius 3 is 2.69 bits per heavy atom. The maximum atomic E-state index is 13.4. The van der Waals surface area contributed by atoms with Gasteiger partial charge in [-0.25, -0.2) is 4.39 Å². The highest BCUT2D eigenvalue weighted by Gasteiger charge is 2.39. The first-order valence-electron chi connectivity index (χ1n) is 5.04. The van der Waals surface area contributed by atoms with E-state index in [1.54, 1.807) is 12.1 Å². The van der Waals surface area contributed by atoms with Gasteiger partial charge in [0.25, 0.3) is 0 Å². The van der Waals surface area contributed by atoms with Gasteiger partial charge in [-0.15, -0.1) is 12.4 Å². The van der Waals surface area contributed by atoms with E-state index in [1.165, 1.54) is 6.07 Å². The van der Waals surface area contributed by atoms with Crippen molar-refractivity contribution in [2.75, 3.05) is 20.1 Å². The number of para-hydroxylation sites is 1. The number of fused-ring (bicyclic) bond motifs is 2. The van der Waals surface area contributed by atoms with Crippen LogP contribution in [-0.4, -0.2) is 37.2 Å². The molecule has 1 fully saturated rings. The smallest absolute Gasteiger partial charge is 0.197 e. The number of rotatable bonds is 0. The van der Waals surface area contributed by atoms with E-state index in [4.69, 9.17) is 9.47 Å². The SMILES string of the molecule is CN1C[C@@H]2Oc3cccc(F)c3O[C@H]2C1.Cl. The Morgan fingerprint density at radius 1 is 1.25 bits per heavy atom. The van der Waals surface area contributed by atoms with Crippen LogP contribution in [0.1, 0.15) is 0 Å². The minimum Gasteiger partial charge on any atom is -0.481 e. The van der Waals surface area contributed by atoms with Crippen molar-refractivity contribution in [1.29, 1.82) is 0 Å². The van der Waals surface area contributed by atoms with Crippen LogP contribution >= 0.6 is 12.4 Å². The molecule has 1 saturated heterocycles. The second-order valence-electron chi connectivity index (χ2n) is 4.10. The van der Waals surface area contributed by atoms with E-state index >= 15 is 0 Å². The molecule has 2 aliphatic heterocycles. The van der Waals surface area contributed by atoms with Crippen LogP contribution in [0.3, 0.4) is 0 Å². The zero-order valence-corrected chi connectivity index (χ0v) is 9.67. The molecule has 0 amide bonds. The van der Waals surface area contributed by atoms with E-state index in [2.05, 4.69) is 4.90 Å². The first kappa shape index (κ1) is 11.5. The second-order valence-corrected chi connectivity index (χ2v) is 4.10. The van der Waals surface area contributed by atoms with Gasteiger partial charge in [0.2, 0.25) is 0 Å². The quantitative estimate of drug-likeness (QED) is 0.695. The molecular formula is C11H13ClFNO2. The molecule has 5 heteroatoms. The number of nitrogens with zero attached hydrogens (tertiary/aromatic N) is 1. The van der Waals surface area contributed by atoms with E-state index < -0.39 is 0 Å². The van der Waals surface area contributed by atoms with Crippen LogP contribution in [0.2, 0.25) is 0 Å². The number of hydrogen-bond donors (Lipinski definition) is 0. The summed E-state index contributed by atoms with van der Waals surface area (Å²) in [4.78, 5) is 2.12. The Hall–Kier alpha value is -1.000. The van der Waals surface area contributed by atoms with Crippen LogP contribution < -0.4 is 9.47 Å². The van der Waals surface area contributed by atoms with Gasteiger partial charge in [0, 0.05) is 13.1 Å². The van der Waals surface area contributed by atoms with Crippen LogP contribution in [0.15, 0.2) is 18.2 Å². The van der Waals surface area contributed by atoms with E-state index in [9.17, 15) is 4.39 Å². The van der Waals surface area contributed by atoms with Crippen molar-refractivity contribution >= 4 is 12.4 Å². The van der Waals surface area contributed by atoms with Gasteiger partial charge in [0.1, 0.15) is 12.2 Å². The third-order valence-electron chi connectivity index (χ3n) is 2.88. The van der Waals surface area contributed by atoms with Gasteiger partial charge in [-0.05, 0) is 19.2 Å². The molecule has 0 N–H and O–H groups in total. The Bertz CT molecular complexity index is 402. The highest BCUT2D eigenvalue weighted by Crippen LogP contribution is 2.37. The Kier molecular flexibility index (Phi) is 2.95. The predicted octanol–water partition coefficient (Wildman–Crippen LogP) is 1.70. The van der Waals surface area contributed by atoms with Crippen molar-refractivity contribution < 1.29 is 13.9 Å². The fraction of sp³-hybridized carbons (Fsp3) is 0.455. The number of likely N-dealkylation sites (tertiary alicyclic amines) is 1. The summed E-state index contributed by atoms with van der Waals surface area (Å²) in [7, 11) is 2.01. The molecule has 3 rings (SSSR count). The molecule has 0 saturated carbocycles. The lowest BCUT2D eigenvalue weighted by atomic mass is 10.2. The van der Waals surface area contributed by atoms with Crippen molar-refractivity contribution in [3.63, 3.8) is 0 Å². The van der Waals surface area contributed by atoms with Gasteiger partial charge in [-0.3, -0.25) is 4.90 Å². The predicted molar refractivity (Wildman–Crippen MR) is 60.0 cm³/mol. The standard InChI is InChI=1S/C11H12FNO2.ClH/c1-13-5-9-10(6-13)15-11-7(12)3-2-4-8(11)14-9;/h2-4,9-10H,5-6H2,1H3;1H/t9-,10-;/m0./s1. The molecule has 2 atom stereocenters. The summed E-state index contributed by atoms with van der Waals surface area (Å²) < 4.78 is 24.7. The van der Waals surface area contributed by atoms with Gasteiger partial charge in [0.05, 0.1) is 0 Å². The Morgan fingerprint density at radius 2 is 1.94 bits per heavy atom. The number of hydrogen-bond acceptors (Lipinski definition) is 3. The molecule has 0 bridgehead atoms. The van der Waals surface area contributed by atoms with Gasteiger partial charge < -0.3 is 9.47 Å². The summed E-state index contributed by atoms with van der Waals surface area (Å²) in [6, 6.07) is 4.77. The molecule has 16 heavy (non-hydrogen) atoms. The maximum absolute atomic E-state index is 13.4. The van der Waals surface area contributed by atoms with Crippen molar-refractivity contribution in [2.24, 2.45) is 0 Å². The van der Waals surface area contributed by atoms with E-state index in [0.717, 1.165) is 13.1 Å². The van der Waals surface area contributed by atoms with Crippen molar-refractivity contribution in [2.45, 2.75) is 12.2 Å². The lowest BCUT2D eigenvalue weighted by Crippen LogP contribution is -2.38. The van der Waals surface area contributed by atoms with Crippen molar-refractivity contribution in [3.05, 3.63) is 24.0 Å². The lowest BCUT2D eigenvalue weighted by Gasteiger charge is -2.28. The van der Waals surface area contributed by atoms with Crippen LogP contribution in [0.5, 0.6) is 11.5 Å². The Balaban J connectivity index is 0.000000963. The highest BCUT2D eigenvalue weighted by molar-refractivity contribution is 5.85.